The number of hydrogen-bond acceptors (Lipinski definition) is 7. The molecule has 0 saturated carbocycles. The molecule has 0 aliphatic carbocycles. The Labute approximate surface area is 265 Å². The summed E-state index contributed by atoms with van der Waals surface area (Å²) in [4.78, 5) is 11.8. The summed E-state index contributed by atoms with van der Waals surface area (Å²) in [6.45, 7) is 0. The van der Waals surface area contributed by atoms with Crippen molar-refractivity contribution in [2.45, 2.75) is 6.04 Å². The summed E-state index contributed by atoms with van der Waals surface area (Å²) in [7, 11) is 8.25. The van der Waals surface area contributed by atoms with E-state index in [2.05, 4.69) is 150 Å². The van der Waals surface area contributed by atoms with Gasteiger partial charge in [-0.15, -0.1) is 0 Å². The summed E-state index contributed by atoms with van der Waals surface area (Å²) in [5.74, 6) is 0.801. The third-order valence-corrected chi connectivity index (χ3v) is 8.18. The smallest absolute Gasteiger partial charge is 0.208 e. The molecule has 3 heterocycles. The summed E-state index contributed by atoms with van der Waals surface area (Å²) >= 11 is 0. The van der Waals surface area contributed by atoms with Crippen molar-refractivity contribution < 1.29 is 0 Å². The van der Waals surface area contributed by atoms with Gasteiger partial charge in [0.1, 0.15) is 6.04 Å². The van der Waals surface area contributed by atoms with Gasteiger partial charge in [0.25, 0.3) is 0 Å². The number of benzene rings is 4. The zero-order valence-corrected chi connectivity index (χ0v) is 26.0. The molecule has 45 heavy (non-hydrogen) atoms. The number of guanidine groups is 1. The monoisotopic (exact) mass is 591 g/mol. The van der Waals surface area contributed by atoms with Crippen molar-refractivity contribution in [1.82, 2.24) is 10.2 Å². The lowest BCUT2D eigenvalue weighted by Crippen LogP contribution is -2.44. The van der Waals surface area contributed by atoms with Crippen LogP contribution >= 0.6 is 0 Å². The number of hydrogen-bond donors (Lipinski definition) is 3. The summed E-state index contributed by atoms with van der Waals surface area (Å²) in [5, 5.41) is 11.0. The fourth-order valence-corrected chi connectivity index (χ4v) is 5.81. The first-order valence-corrected chi connectivity index (χ1v) is 15.2. The molecule has 0 saturated heterocycles. The van der Waals surface area contributed by atoms with Gasteiger partial charge in [-0.3, -0.25) is 4.90 Å². The number of allylic oxidation sites excluding steroid dienone is 4. The molecule has 0 radical (unpaired) electrons. The Hall–Kier alpha value is -5.69. The quantitative estimate of drug-likeness (QED) is 0.193. The maximum Gasteiger partial charge on any atom is 0.208 e. The number of aliphatic imine (C=N–C) groups is 1. The van der Waals surface area contributed by atoms with E-state index in [1.165, 1.54) is 0 Å². The minimum Gasteiger partial charge on any atom is -0.378 e. The van der Waals surface area contributed by atoms with Crippen LogP contribution in [0.4, 0.5) is 34.1 Å². The molecule has 1 atom stereocenters. The molecular formula is C38H37N7. The lowest BCUT2D eigenvalue weighted by atomic mass is 9.98. The first kappa shape index (κ1) is 28.1. The number of nitrogens with one attached hydrogen (secondary N) is 3. The first-order valence-electron chi connectivity index (χ1n) is 15.2. The SMILES string of the molecule is CN(C)c1ccc(C2=CC3=CC=CC4=CC(c5ccc(N(C)C)cc5Nc5ccccc5)N=C(N2)N34)c(Nc2ccccc2)c1. The maximum atomic E-state index is 5.33. The van der Waals surface area contributed by atoms with Crippen LogP contribution in [0.3, 0.4) is 0 Å². The third-order valence-electron chi connectivity index (χ3n) is 8.18. The normalized spacial score (nSPS) is 16.4. The third kappa shape index (κ3) is 5.68. The van der Waals surface area contributed by atoms with Crippen molar-refractivity contribution in [2.24, 2.45) is 4.99 Å². The zero-order chi connectivity index (χ0) is 30.9. The summed E-state index contributed by atoms with van der Waals surface area (Å²) in [5.41, 5.74) is 11.7. The lowest BCUT2D eigenvalue weighted by Gasteiger charge is -2.39. The Bertz CT molecular complexity index is 1880. The van der Waals surface area contributed by atoms with Crippen molar-refractivity contribution in [3.8, 4) is 0 Å². The summed E-state index contributed by atoms with van der Waals surface area (Å²) in [6.07, 6.45) is 10.8. The summed E-state index contributed by atoms with van der Waals surface area (Å²) in [6, 6.07) is 33.5. The molecule has 0 aromatic heterocycles. The minimum atomic E-state index is -0.192. The van der Waals surface area contributed by atoms with E-state index in [0.29, 0.717) is 0 Å². The molecule has 0 amide bonds. The van der Waals surface area contributed by atoms with Crippen LogP contribution < -0.4 is 25.8 Å². The van der Waals surface area contributed by atoms with Crippen LogP contribution in [0.15, 0.2) is 144 Å². The highest BCUT2D eigenvalue weighted by atomic mass is 15.3. The van der Waals surface area contributed by atoms with Gasteiger partial charge in [-0.05, 0) is 78.9 Å². The predicted octanol–water partition coefficient (Wildman–Crippen LogP) is 8.00. The fourth-order valence-electron chi connectivity index (χ4n) is 5.81. The van der Waals surface area contributed by atoms with Crippen molar-refractivity contribution in [3.05, 3.63) is 150 Å². The standard InChI is InChI=1S/C38H37N7/c1-43(2)28-18-20-32(34(22-28)39-26-12-7-5-8-13-26)36-24-30-16-11-17-31-25-37(42-38(41-36)45(30)31)33-21-19-29(44(3)4)23-35(33)40-27-14-9-6-10-15-27/h5-25,36,39-40H,1-4H3,(H,41,42). The van der Waals surface area contributed by atoms with Crippen molar-refractivity contribution in [1.29, 1.82) is 0 Å². The van der Waals surface area contributed by atoms with E-state index in [-0.39, 0.29) is 6.04 Å². The molecule has 7 rings (SSSR count). The van der Waals surface area contributed by atoms with Gasteiger partial charge in [0.15, 0.2) is 0 Å². The van der Waals surface area contributed by atoms with E-state index in [9.17, 15) is 0 Å². The number of nitrogens with zero attached hydrogens (tertiary/aromatic N) is 4. The first-order chi connectivity index (χ1) is 21.9. The van der Waals surface area contributed by atoms with Crippen LogP contribution in [0.5, 0.6) is 0 Å². The van der Waals surface area contributed by atoms with Crippen LogP contribution in [-0.4, -0.2) is 39.1 Å². The Morgan fingerprint density at radius 3 is 2.00 bits per heavy atom. The Morgan fingerprint density at radius 1 is 0.711 bits per heavy atom. The lowest BCUT2D eigenvalue weighted by molar-refractivity contribution is 0.594. The molecule has 0 bridgehead atoms. The van der Waals surface area contributed by atoms with E-state index in [4.69, 9.17) is 4.99 Å². The largest absolute Gasteiger partial charge is 0.378 e. The van der Waals surface area contributed by atoms with Gasteiger partial charge in [-0.2, -0.15) is 0 Å². The van der Waals surface area contributed by atoms with Crippen LogP contribution in [0.1, 0.15) is 17.2 Å². The molecule has 0 fully saturated rings. The highest BCUT2D eigenvalue weighted by Crippen LogP contribution is 2.40. The molecule has 7 nitrogen and oxygen atoms in total. The summed E-state index contributed by atoms with van der Waals surface area (Å²) < 4.78 is 0. The number of rotatable bonds is 8. The fraction of sp³-hybridized carbons (Fsp3) is 0.132. The Balaban J connectivity index is 1.29. The molecule has 4 aromatic rings. The number of anilines is 6. The minimum absolute atomic E-state index is 0.192. The van der Waals surface area contributed by atoms with Gasteiger partial charge in [0.2, 0.25) is 5.96 Å². The van der Waals surface area contributed by atoms with Crippen LogP contribution in [0.25, 0.3) is 5.70 Å². The molecule has 3 aliphatic rings. The van der Waals surface area contributed by atoms with E-state index in [1.54, 1.807) is 0 Å². The molecule has 4 aromatic carbocycles. The predicted molar refractivity (Wildman–Crippen MR) is 189 cm³/mol. The Morgan fingerprint density at radius 2 is 1.33 bits per heavy atom. The second-order valence-corrected chi connectivity index (χ2v) is 11.7. The van der Waals surface area contributed by atoms with Gasteiger partial charge in [0, 0.05) is 79.1 Å². The topological polar surface area (TPSA) is 58.2 Å². The van der Waals surface area contributed by atoms with Gasteiger partial charge < -0.3 is 25.8 Å². The molecule has 3 aliphatic heterocycles. The van der Waals surface area contributed by atoms with Crippen LogP contribution in [0.2, 0.25) is 0 Å². The van der Waals surface area contributed by atoms with Gasteiger partial charge in [0.05, 0.1) is 11.4 Å². The Kier molecular flexibility index (Phi) is 7.35. The van der Waals surface area contributed by atoms with Crippen LogP contribution in [0, 0.1) is 0 Å². The average Bonchev–Trinajstić information content (AvgIpc) is 3.05. The van der Waals surface area contributed by atoms with Crippen molar-refractivity contribution >= 4 is 45.8 Å². The van der Waals surface area contributed by atoms with E-state index in [1.807, 2.05) is 36.4 Å². The van der Waals surface area contributed by atoms with Crippen molar-refractivity contribution in [2.75, 3.05) is 48.6 Å². The van der Waals surface area contributed by atoms with Crippen LogP contribution in [-0.2, 0) is 0 Å². The molecule has 0 spiro atoms. The van der Waals surface area contributed by atoms with Gasteiger partial charge >= 0.3 is 0 Å². The molecule has 1 unspecified atom stereocenters. The molecular weight excluding hydrogens is 554 g/mol. The molecule has 224 valence electrons. The second-order valence-electron chi connectivity index (χ2n) is 11.7. The molecule has 3 N–H and O–H groups in total. The zero-order valence-electron chi connectivity index (χ0n) is 26.0. The highest BCUT2D eigenvalue weighted by Gasteiger charge is 2.32. The molecule has 7 heteroatoms. The van der Waals surface area contributed by atoms with E-state index >= 15 is 0 Å². The second kappa shape index (κ2) is 11.8. The van der Waals surface area contributed by atoms with Crippen molar-refractivity contribution in [3.63, 3.8) is 0 Å². The van der Waals surface area contributed by atoms with Gasteiger partial charge in [-0.25, -0.2) is 4.99 Å². The van der Waals surface area contributed by atoms with Gasteiger partial charge in [-0.1, -0.05) is 48.5 Å². The number of para-hydroxylation sites is 2. The maximum absolute atomic E-state index is 5.33. The van der Waals surface area contributed by atoms with E-state index < -0.39 is 0 Å². The highest BCUT2D eigenvalue weighted by molar-refractivity contribution is 5.99. The van der Waals surface area contributed by atoms with E-state index in [0.717, 1.165) is 68.3 Å². The average molecular weight is 592 g/mol.